The summed E-state index contributed by atoms with van der Waals surface area (Å²) >= 11 is 2.86. The quantitative estimate of drug-likeness (QED) is 0.483. The Morgan fingerprint density at radius 1 is 1.67 bits per heavy atom. The van der Waals surface area contributed by atoms with Gasteiger partial charge in [0.1, 0.15) is 0 Å². The summed E-state index contributed by atoms with van der Waals surface area (Å²) in [5, 5.41) is 10.6. The fourth-order valence-corrected chi connectivity index (χ4v) is 1.61. The van der Waals surface area contributed by atoms with Crippen molar-refractivity contribution in [2.45, 2.75) is 13.3 Å². The van der Waals surface area contributed by atoms with Crippen LogP contribution in [0.25, 0.3) is 0 Å². The minimum absolute atomic E-state index is 0.0357. The lowest BCUT2D eigenvalue weighted by Gasteiger charge is -2.06. The number of nitro groups is 1. The molecule has 0 atom stereocenters. The van der Waals surface area contributed by atoms with Crippen molar-refractivity contribution in [3.05, 3.63) is 32.0 Å². The van der Waals surface area contributed by atoms with Crippen molar-refractivity contribution >= 4 is 27.6 Å². The van der Waals surface area contributed by atoms with E-state index in [0.29, 0.717) is 0 Å². The predicted octanol–water partition coefficient (Wildman–Crippen LogP) is 2.87. The van der Waals surface area contributed by atoms with Crippen LogP contribution in [0, 0.1) is 10.1 Å². The number of carbonyl (C=O) groups excluding carboxylic acids is 1. The summed E-state index contributed by atoms with van der Waals surface area (Å²) in [4.78, 5) is 24.3. The van der Waals surface area contributed by atoms with Gasteiger partial charge in [0.05, 0.1) is 16.0 Å². The minimum Gasteiger partial charge on any atom is -0.461 e. The Morgan fingerprint density at radius 3 is 2.72 bits per heavy atom. The normalized spacial score (nSPS) is 10.5. The molecule has 0 unspecified atom stereocenters. The maximum absolute atomic E-state index is 12.6. The minimum atomic E-state index is -3.16. The molecule has 0 spiro atoms. The van der Waals surface area contributed by atoms with E-state index < -0.39 is 34.4 Å². The molecule has 0 saturated carbocycles. The van der Waals surface area contributed by atoms with Crippen molar-refractivity contribution in [3.63, 3.8) is 0 Å². The molecular weight excluding hydrogens is 318 g/mol. The highest BCUT2D eigenvalue weighted by Gasteiger charge is 2.28. The van der Waals surface area contributed by atoms with Gasteiger partial charge in [0.15, 0.2) is 11.4 Å². The summed E-state index contributed by atoms with van der Waals surface area (Å²) in [6, 6.07) is 0.806. The number of pyridine rings is 1. The zero-order valence-corrected chi connectivity index (χ0v) is 10.6. The number of carbonyl (C=O) groups is 1. The lowest BCUT2D eigenvalue weighted by molar-refractivity contribution is -0.386. The summed E-state index contributed by atoms with van der Waals surface area (Å²) in [6.45, 7) is 1.57. The number of alkyl halides is 2. The summed E-state index contributed by atoms with van der Waals surface area (Å²) in [6.07, 6.45) is -3.16. The second kappa shape index (κ2) is 5.80. The molecule has 0 radical (unpaired) electrons. The van der Waals surface area contributed by atoms with Crippen molar-refractivity contribution < 1.29 is 23.2 Å². The van der Waals surface area contributed by atoms with E-state index in [4.69, 9.17) is 0 Å². The Hall–Kier alpha value is -1.64. The molecule has 1 heterocycles. The molecular formula is C9H7BrF2N2O4. The number of ether oxygens (including phenoxy) is 1. The Labute approximate surface area is 108 Å². The molecule has 0 N–H and O–H groups in total. The van der Waals surface area contributed by atoms with Gasteiger partial charge in [0.2, 0.25) is 0 Å². The van der Waals surface area contributed by atoms with Crippen molar-refractivity contribution in [3.8, 4) is 0 Å². The van der Waals surface area contributed by atoms with E-state index in [9.17, 15) is 23.7 Å². The first-order chi connectivity index (χ1) is 8.38. The van der Waals surface area contributed by atoms with Gasteiger partial charge in [-0.2, -0.15) is 0 Å². The standard InChI is InChI=1S/C9H7BrF2N2O4/c1-2-18-9(15)6-4(10)3-5(14(16)17)7(13-6)8(11)12/h3,8H,2H2,1H3. The van der Waals surface area contributed by atoms with Crippen molar-refractivity contribution in [1.82, 2.24) is 4.98 Å². The van der Waals surface area contributed by atoms with E-state index in [-0.39, 0.29) is 11.1 Å². The van der Waals surface area contributed by atoms with Crippen LogP contribution in [-0.4, -0.2) is 22.5 Å². The molecule has 0 saturated heterocycles. The van der Waals surface area contributed by atoms with Gasteiger partial charge in [-0.3, -0.25) is 10.1 Å². The van der Waals surface area contributed by atoms with E-state index in [0.717, 1.165) is 6.07 Å². The average Bonchev–Trinajstić information content (AvgIpc) is 2.28. The van der Waals surface area contributed by atoms with Gasteiger partial charge in [-0.05, 0) is 22.9 Å². The molecule has 0 aliphatic rings. The van der Waals surface area contributed by atoms with Crippen LogP contribution in [0.5, 0.6) is 0 Å². The Balaban J connectivity index is 3.36. The van der Waals surface area contributed by atoms with Crippen LogP contribution in [0.1, 0.15) is 29.5 Å². The van der Waals surface area contributed by atoms with Gasteiger partial charge < -0.3 is 4.74 Å². The van der Waals surface area contributed by atoms with Gasteiger partial charge in [0, 0.05) is 6.07 Å². The average molecular weight is 325 g/mol. The van der Waals surface area contributed by atoms with E-state index in [1.807, 2.05) is 0 Å². The van der Waals surface area contributed by atoms with Gasteiger partial charge >= 0.3 is 5.97 Å². The maximum atomic E-state index is 12.6. The first kappa shape index (κ1) is 14.4. The molecule has 0 aliphatic carbocycles. The fraction of sp³-hybridized carbons (Fsp3) is 0.333. The second-order valence-corrected chi connectivity index (χ2v) is 3.86. The van der Waals surface area contributed by atoms with E-state index in [1.165, 1.54) is 6.92 Å². The predicted molar refractivity (Wildman–Crippen MR) is 59.5 cm³/mol. The van der Waals surface area contributed by atoms with Crippen LogP contribution in [-0.2, 0) is 4.74 Å². The molecule has 6 nitrogen and oxygen atoms in total. The number of aromatic nitrogens is 1. The van der Waals surface area contributed by atoms with Crippen LogP contribution in [0.2, 0.25) is 0 Å². The van der Waals surface area contributed by atoms with E-state index in [1.54, 1.807) is 0 Å². The lowest BCUT2D eigenvalue weighted by Crippen LogP contribution is -2.11. The molecule has 0 amide bonds. The molecule has 0 aliphatic heterocycles. The molecule has 98 valence electrons. The molecule has 0 aromatic carbocycles. The molecule has 1 aromatic rings. The van der Waals surface area contributed by atoms with Crippen LogP contribution < -0.4 is 0 Å². The molecule has 0 bridgehead atoms. The third kappa shape index (κ3) is 2.97. The number of hydrogen-bond acceptors (Lipinski definition) is 5. The van der Waals surface area contributed by atoms with Crippen LogP contribution >= 0.6 is 15.9 Å². The highest BCUT2D eigenvalue weighted by Crippen LogP contribution is 2.31. The molecule has 1 aromatic heterocycles. The fourth-order valence-electron chi connectivity index (χ4n) is 1.14. The van der Waals surface area contributed by atoms with Crippen LogP contribution in [0.15, 0.2) is 10.5 Å². The number of halogens is 3. The number of hydrogen-bond donors (Lipinski definition) is 0. The highest BCUT2D eigenvalue weighted by atomic mass is 79.9. The van der Waals surface area contributed by atoms with Crippen LogP contribution in [0.3, 0.4) is 0 Å². The SMILES string of the molecule is CCOC(=O)c1nc(C(F)F)c([N+](=O)[O-])cc1Br. The topological polar surface area (TPSA) is 82.3 Å². The van der Waals surface area contributed by atoms with Crippen molar-refractivity contribution in [1.29, 1.82) is 0 Å². The summed E-state index contributed by atoms with van der Waals surface area (Å²) < 4.78 is 29.8. The Morgan fingerprint density at radius 2 is 2.28 bits per heavy atom. The molecule has 0 fully saturated rings. The van der Waals surface area contributed by atoms with Crippen molar-refractivity contribution in [2.24, 2.45) is 0 Å². The number of rotatable bonds is 4. The molecule has 18 heavy (non-hydrogen) atoms. The molecule has 1 rings (SSSR count). The molecule has 9 heteroatoms. The number of nitrogens with zero attached hydrogens (tertiary/aromatic N) is 2. The third-order valence-corrected chi connectivity index (χ3v) is 2.46. The lowest BCUT2D eigenvalue weighted by atomic mass is 10.2. The summed E-state index contributed by atoms with van der Waals surface area (Å²) in [5.74, 6) is -0.929. The van der Waals surface area contributed by atoms with Crippen LogP contribution in [0.4, 0.5) is 14.5 Å². The van der Waals surface area contributed by atoms with Gasteiger partial charge in [-0.15, -0.1) is 0 Å². The summed E-state index contributed by atoms with van der Waals surface area (Å²) in [7, 11) is 0. The monoisotopic (exact) mass is 324 g/mol. The van der Waals surface area contributed by atoms with Gasteiger partial charge in [0.25, 0.3) is 12.1 Å². The van der Waals surface area contributed by atoms with E-state index in [2.05, 4.69) is 25.7 Å². The Bertz CT molecular complexity index is 496. The first-order valence-corrected chi connectivity index (χ1v) is 5.47. The van der Waals surface area contributed by atoms with Gasteiger partial charge in [-0.25, -0.2) is 18.6 Å². The first-order valence-electron chi connectivity index (χ1n) is 4.68. The zero-order valence-electron chi connectivity index (χ0n) is 9.02. The Kier molecular flexibility index (Phi) is 4.65. The second-order valence-electron chi connectivity index (χ2n) is 3.00. The third-order valence-electron chi connectivity index (χ3n) is 1.86. The number of esters is 1. The smallest absolute Gasteiger partial charge is 0.358 e. The van der Waals surface area contributed by atoms with Gasteiger partial charge in [-0.1, -0.05) is 0 Å². The maximum Gasteiger partial charge on any atom is 0.358 e. The van der Waals surface area contributed by atoms with Crippen molar-refractivity contribution in [2.75, 3.05) is 6.61 Å². The zero-order chi connectivity index (χ0) is 13.9. The van der Waals surface area contributed by atoms with E-state index >= 15 is 0 Å². The largest absolute Gasteiger partial charge is 0.461 e. The summed E-state index contributed by atoms with van der Waals surface area (Å²) in [5.41, 5.74) is -2.34. The highest BCUT2D eigenvalue weighted by molar-refractivity contribution is 9.10.